The summed E-state index contributed by atoms with van der Waals surface area (Å²) in [5.74, 6) is -1.89. The molecule has 3 rings (SSSR count). The molecule has 10 heteroatoms. The Hall–Kier alpha value is -3.66. The van der Waals surface area contributed by atoms with Gasteiger partial charge in [-0.3, -0.25) is 18.7 Å². The van der Waals surface area contributed by atoms with Gasteiger partial charge >= 0.3 is 5.69 Å². The number of nitrogens with one attached hydrogen (secondary N) is 1. The van der Waals surface area contributed by atoms with Gasteiger partial charge < -0.3 is 10.4 Å². The standard InChI is InChI=1S/C22H21FN4O4S/c1-13-7-6-8-14(11-13)24-19(18-20(29)26(2)22(31)27(3)21(18)30)32-12-17(28)25-16-10-5-4-9-15(16)23/h4-11,29H,12H2,1-3H3,(H,25,28). The van der Waals surface area contributed by atoms with Crippen molar-refractivity contribution >= 4 is 34.1 Å². The first-order valence-corrected chi connectivity index (χ1v) is 10.5. The van der Waals surface area contributed by atoms with E-state index in [0.717, 1.165) is 26.5 Å². The first-order chi connectivity index (χ1) is 15.2. The van der Waals surface area contributed by atoms with E-state index in [9.17, 15) is 23.9 Å². The zero-order valence-corrected chi connectivity index (χ0v) is 18.4. The number of amides is 1. The average Bonchev–Trinajstić information content (AvgIpc) is 2.76. The Labute approximate surface area is 187 Å². The number of hydrogen-bond acceptors (Lipinski definition) is 6. The van der Waals surface area contributed by atoms with Crippen LogP contribution < -0.4 is 16.6 Å². The highest BCUT2D eigenvalue weighted by Crippen LogP contribution is 2.24. The molecule has 2 N–H and O–H groups in total. The van der Waals surface area contributed by atoms with Gasteiger partial charge in [-0.2, -0.15) is 0 Å². The molecular formula is C22H21FN4O4S. The Morgan fingerprint density at radius 1 is 1.12 bits per heavy atom. The minimum absolute atomic E-state index is 0.0242. The smallest absolute Gasteiger partial charge is 0.333 e. The fourth-order valence-electron chi connectivity index (χ4n) is 2.88. The minimum Gasteiger partial charge on any atom is -0.494 e. The number of para-hydroxylation sites is 1. The lowest BCUT2D eigenvalue weighted by Gasteiger charge is -2.13. The zero-order valence-electron chi connectivity index (χ0n) is 17.6. The van der Waals surface area contributed by atoms with E-state index in [1.54, 1.807) is 24.3 Å². The summed E-state index contributed by atoms with van der Waals surface area (Å²) in [6, 6.07) is 12.9. The maximum absolute atomic E-state index is 13.8. The SMILES string of the molecule is Cc1cccc(N=C(SCC(=O)Nc2ccccc2F)c2c(O)n(C)c(=O)n(C)c2=O)c1. The molecule has 1 aromatic heterocycles. The summed E-state index contributed by atoms with van der Waals surface area (Å²) in [6.07, 6.45) is 0. The fourth-order valence-corrected chi connectivity index (χ4v) is 3.71. The number of carbonyl (C=O) groups excluding carboxylic acids is 1. The Bertz CT molecular complexity index is 1330. The van der Waals surface area contributed by atoms with Crippen LogP contribution in [0.4, 0.5) is 15.8 Å². The highest BCUT2D eigenvalue weighted by atomic mass is 32.2. The first kappa shape index (κ1) is 23.0. The Kier molecular flexibility index (Phi) is 6.94. The molecule has 0 saturated carbocycles. The Balaban J connectivity index is 2.00. The first-order valence-electron chi connectivity index (χ1n) is 9.51. The lowest BCUT2D eigenvalue weighted by molar-refractivity contribution is -0.113. The molecule has 1 heterocycles. The molecule has 1 amide bonds. The summed E-state index contributed by atoms with van der Waals surface area (Å²) < 4.78 is 15.6. The van der Waals surface area contributed by atoms with Gasteiger partial charge in [0.15, 0.2) is 0 Å². The van der Waals surface area contributed by atoms with Crippen LogP contribution in [0.15, 0.2) is 63.1 Å². The molecule has 0 aliphatic heterocycles. The van der Waals surface area contributed by atoms with Gasteiger partial charge in [-0.05, 0) is 36.8 Å². The van der Waals surface area contributed by atoms with Crippen molar-refractivity contribution in [2.24, 2.45) is 19.1 Å². The number of benzene rings is 2. The number of carbonyl (C=O) groups is 1. The van der Waals surface area contributed by atoms with Crippen molar-refractivity contribution in [3.05, 3.63) is 86.3 Å². The number of nitrogens with zero attached hydrogens (tertiary/aromatic N) is 3. The van der Waals surface area contributed by atoms with E-state index in [1.807, 2.05) is 13.0 Å². The lowest BCUT2D eigenvalue weighted by atomic mass is 10.2. The number of aliphatic imine (C=N–C) groups is 1. The normalized spacial score (nSPS) is 11.4. The minimum atomic E-state index is -0.751. The van der Waals surface area contributed by atoms with Gasteiger partial charge in [0, 0.05) is 14.1 Å². The van der Waals surface area contributed by atoms with E-state index in [0.29, 0.717) is 5.69 Å². The summed E-state index contributed by atoms with van der Waals surface area (Å²) in [6.45, 7) is 1.87. The monoisotopic (exact) mass is 456 g/mol. The summed E-state index contributed by atoms with van der Waals surface area (Å²) in [4.78, 5) is 41.8. The highest BCUT2D eigenvalue weighted by Gasteiger charge is 2.22. The molecule has 0 unspecified atom stereocenters. The Morgan fingerprint density at radius 3 is 2.53 bits per heavy atom. The molecule has 2 aromatic carbocycles. The van der Waals surface area contributed by atoms with Gasteiger partial charge in [-0.1, -0.05) is 36.0 Å². The van der Waals surface area contributed by atoms with Crippen LogP contribution in [0.25, 0.3) is 0 Å². The van der Waals surface area contributed by atoms with Crippen molar-refractivity contribution < 1.29 is 14.3 Å². The third kappa shape index (κ3) is 4.97. The fraction of sp³-hybridized carbons (Fsp3) is 0.182. The van der Waals surface area contributed by atoms with Crippen molar-refractivity contribution in [3.63, 3.8) is 0 Å². The number of aromatic hydroxyl groups is 1. The molecule has 0 bridgehead atoms. The summed E-state index contributed by atoms with van der Waals surface area (Å²) in [5, 5.41) is 13.0. The molecule has 0 spiro atoms. The Morgan fingerprint density at radius 2 is 1.84 bits per heavy atom. The summed E-state index contributed by atoms with van der Waals surface area (Å²) >= 11 is 0.887. The van der Waals surface area contributed by atoms with Crippen LogP contribution in [0.2, 0.25) is 0 Å². The maximum Gasteiger partial charge on any atom is 0.333 e. The van der Waals surface area contributed by atoms with E-state index >= 15 is 0 Å². The number of halogens is 1. The molecule has 0 radical (unpaired) electrons. The van der Waals surface area contributed by atoms with Crippen LogP contribution in [-0.2, 0) is 18.9 Å². The number of aryl methyl sites for hydroxylation is 1. The van der Waals surface area contributed by atoms with Crippen LogP contribution in [0, 0.1) is 12.7 Å². The van der Waals surface area contributed by atoms with E-state index < -0.39 is 28.9 Å². The third-order valence-electron chi connectivity index (χ3n) is 4.57. The molecule has 3 aromatic rings. The van der Waals surface area contributed by atoms with Crippen molar-refractivity contribution in [2.45, 2.75) is 6.92 Å². The number of rotatable bonds is 5. The zero-order chi connectivity index (χ0) is 23.4. The predicted molar refractivity (Wildman–Crippen MR) is 123 cm³/mol. The van der Waals surface area contributed by atoms with E-state index in [1.165, 1.54) is 32.3 Å². The molecule has 0 aliphatic carbocycles. The molecule has 0 aliphatic rings. The molecule has 166 valence electrons. The van der Waals surface area contributed by atoms with Crippen molar-refractivity contribution in [2.75, 3.05) is 11.1 Å². The second kappa shape index (κ2) is 9.65. The predicted octanol–water partition coefficient (Wildman–Crippen LogP) is 2.69. The molecule has 0 atom stereocenters. The maximum atomic E-state index is 13.8. The second-order valence-corrected chi connectivity index (χ2v) is 7.94. The topological polar surface area (TPSA) is 106 Å². The quantitative estimate of drug-likeness (QED) is 0.454. The molecular weight excluding hydrogens is 435 g/mol. The van der Waals surface area contributed by atoms with Crippen LogP contribution in [-0.4, -0.2) is 30.9 Å². The van der Waals surface area contributed by atoms with Gasteiger partial charge in [-0.25, -0.2) is 14.2 Å². The van der Waals surface area contributed by atoms with Crippen LogP contribution >= 0.6 is 11.8 Å². The largest absolute Gasteiger partial charge is 0.494 e. The van der Waals surface area contributed by atoms with Gasteiger partial charge in [0.1, 0.15) is 16.4 Å². The van der Waals surface area contributed by atoms with Gasteiger partial charge in [0.2, 0.25) is 11.8 Å². The molecule has 32 heavy (non-hydrogen) atoms. The van der Waals surface area contributed by atoms with E-state index in [2.05, 4.69) is 10.3 Å². The van der Waals surface area contributed by atoms with Gasteiger partial charge in [0.25, 0.3) is 5.56 Å². The van der Waals surface area contributed by atoms with Crippen LogP contribution in [0.3, 0.4) is 0 Å². The molecule has 0 fully saturated rings. The van der Waals surface area contributed by atoms with Gasteiger partial charge in [0.05, 0.1) is 17.1 Å². The highest BCUT2D eigenvalue weighted by molar-refractivity contribution is 8.15. The number of hydrogen-bond donors (Lipinski definition) is 2. The van der Waals surface area contributed by atoms with Crippen molar-refractivity contribution in [3.8, 4) is 5.88 Å². The van der Waals surface area contributed by atoms with Crippen LogP contribution in [0.1, 0.15) is 11.1 Å². The second-order valence-electron chi connectivity index (χ2n) is 6.98. The van der Waals surface area contributed by atoms with Gasteiger partial charge in [-0.15, -0.1) is 0 Å². The molecule has 8 nitrogen and oxygen atoms in total. The van der Waals surface area contributed by atoms with Crippen molar-refractivity contribution in [1.82, 2.24) is 9.13 Å². The van der Waals surface area contributed by atoms with Crippen LogP contribution in [0.5, 0.6) is 5.88 Å². The summed E-state index contributed by atoms with van der Waals surface area (Å²) in [5.41, 5.74) is -0.216. The lowest BCUT2D eigenvalue weighted by Crippen LogP contribution is -2.39. The number of anilines is 1. The van der Waals surface area contributed by atoms with E-state index in [4.69, 9.17) is 0 Å². The molecule has 0 saturated heterocycles. The number of thioether (sulfide) groups is 1. The third-order valence-corrected chi connectivity index (χ3v) is 5.54. The average molecular weight is 456 g/mol. The summed E-state index contributed by atoms with van der Waals surface area (Å²) in [7, 11) is 2.61. The number of aromatic nitrogens is 2. The van der Waals surface area contributed by atoms with Crippen molar-refractivity contribution in [1.29, 1.82) is 0 Å². The van der Waals surface area contributed by atoms with E-state index in [-0.39, 0.29) is 22.0 Å².